The van der Waals surface area contributed by atoms with Crippen molar-refractivity contribution in [3.05, 3.63) is 106 Å². The molecule has 2 unspecified atom stereocenters. The Hall–Kier alpha value is -3.19. The summed E-state index contributed by atoms with van der Waals surface area (Å²) in [6.07, 6.45) is -0.837. The standard InChI is InChI=1S/C28H27F4NO2/c29-22-9-4-8-20(17-22)26(34)25(16-18-12-14-21(15-13-18)28(30,31)32)33-27(35)24-11-5-7-19-6-2-1-3-10-23(19)24/h4-5,7-9,11-15,17,25-26,34H,1-3,6,10,16H2,(H,33,35). The van der Waals surface area contributed by atoms with Gasteiger partial charge in [0.2, 0.25) is 0 Å². The van der Waals surface area contributed by atoms with E-state index < -0.39 is 29.7 Å². The highest BCUT2D eigenvalue weighted by Gasteiger charge is 2.31. The van der Waals surface area contributed by atoms with Crippen LogP contribution >= 0.6 is 0 Å². The molecule has 0 bridgehead atoms. The van der Waals surface area contributed by atoms with Crippen molar-refractivity contribution < 1.29 is 27.5 Å². The summed E-state index contributed by atoms with van der Waals surface area (Å²) in [5.74, 6) is -0.898. The second-order valence-corrected chi connectivity index (χ2v) is 8.98. The Morgan fingerprint density at radius 1 is 0.943 bits per heavy atom. The first kappa shape index (κ1) is 24.9. The number of aliphatic hydroxyl groups excluding tert-OH is 1. The van der Waals surface area contributed by atoms with Crippen LogP contribution in [0.2, 0.25) is 0 Å². The molecule has 3 nitrogen and oxygen atoms in total. The molecule has 4 rings (SSSR count). The molecular formula is C28H27F4NO2. The summed E-state index contributed by atoms with van der Waals surface area (Å²) in [5.41, 5.74) is 2.67. The van der Waals surface area contributed by atoms with Crippen molar-refractivity contribution in [3.8, 4) is 0 Å². The van der Waals surface area contributed by atoms with Gasteiger partial charge in [-0.25, -0.2) is 4.39 Å². The molecule has 3 aromatic carbocycles. The average Bonchev–Trinajstić information content (AvgIpc) is 3.08. The lowest BCUT2D eigenvalue weighted by Gasteiger charge is -2.26. The molecule has 0 fully saturated rings. The van der Waals surface area contributed by atoms with Gasteiger partial charge in [0.15, 0.2) is 0 Å². The SMILES string of the molecule is O=C(NC(Cc1ccc(C(F)(F)F)cc1)C(O)c1cccc(F)c1)c1cccc2c1CCCCC2. The molecule has 0 radical (unpaired) electrons. The van der Waals surface area contributed by atoms with Crippen LogP contribution < -0.4 is 5.32 Å². The second-order valence-electron chi connectivity index (χ2n) is 8.98. The molecule has 184 valence electrons. The van der Waals surface area contributed by atoms with Gasteiger partial charge in [0.1, 0.15) is 5.82 Å². The second kappa shape index (κ2) is 10.6. The number of hydrogen-bond acceptors (Lipinski definition) is 2. The van der Waals surface area contributed by atoms with Crippen molar-refractivity contribution in [2.45, 2.75) is 56.8 Å². The van der Waals surface area contributed by atoms with E-state index >= 15 is 0 Å². The number of alkyl halides is 3. The predicted octanol–water partition coefficient (Wildman–Crippen LogP) is 6.19. The molecule has 1 aliphatic rings. The van der Waals surface area contributed by atoms with E-state index in [1.54, 1.807) is 12.1 Å². The molecule has 0 aromatic heterocycles. The summed E-state index contributed by atoms with van der Waals surface area (Å²) in [5, 5.41) is 13.9. The van der Waals surface area contributed by atoms with Crippen LogP contribution in [0, 0.1) is 5.82 Å². The van der Waals surface area contributed by atoms with Gasteiger partial charge in [-0.05, 0) is 84.7 Å². The molecule has 0 saturated heterocycles. The fourth-order valence-corrected chi connectivity index (χ4v) is 4.67. The maximum atomic E-state index is 13.8. The molecule has 3 aromatic rings. The molecule has 0 heterocycles. The highest BCUT2D eigenvalue weighted by Crippen LogP contribution is 2.30. The quantitative estimate of drug-likeness (QED) is 0.323. The average molecular weight is 486 g/mol. The number of benzene rings is 3. The minimum absolute atomic E-state index is 0.0661. The lowest BCUT2D eigenvalue weighted by Crippen LogP contribution is -2.41. The number of amides is 1. The van der Waals surface area contributed by atoms with Gasteiger partial charge in [0.05, 0.1) is 17.7 Å². The third-order valence-electron chi connectivity index (χ3n) is 6.52. The number of aliphatic hydroxyl groups is 1. The van der Waals surface area contributed by atoms with E-state index in [-0.39, 0.29) is 17.9 Å². The van der Waals surface area contributed by atoms with Gasteiger partial charge in [0.25, 0.3) is 5.91 Å². The monoisotopic (exact) mass is 485 g/mol. The van der Waals surface area contributed by atoms with Crippen LogP contribution in [0.4, 0.5) is 17.6 Å². The van der Waals surface area contributed by atoms with Gasteiger partial charge in [-0.15, -0.1) is 0 Å². The lowest BCUT2D eigenvalue weighted by molar-refractivity contribution is -0.137. The van der Waals surface area contributed by atoms with Crippen LogP contribution in [0.1, 0.15) is 63.5 Å². The van der Waals surface area contributed by atoms with Crippen LogP contribution in [0.25, 0.3) is 0 Å². The van der Waals surface area contributed by atoms with E-state index in [4.69, 9.17) is 0 Å². The third kappa shape index (κ3) is 6.09. The van der Waals surface area contributed by atoms with Crippen molar-refractivity contribution in [1.29, 1.82) is 0 Å². The van der Waals surface area contributed by atoms with E-state index in [9.17, 15) is 27.5 Å². The summed E-state index contributed by atoms with van der Waals surface area (Å²) in [4.78, 5) is 13.4. The summed E-state index contributed by atoms with van der Waals surface area (Å²) in [6.45, 7) is 0. The van der Waals surface area contributed by atoms with E-state index in [1.165, 1.54) is 30.3 Å². The van der Waals surface area contributed by atoms with E-state index in [1.807, 2.05) is 12.1 Å². The summed E-state index contributed by atoms with van der Waals surface area (Å²) < 4.78 is 52.7. The van der Waals surface area contributed by atoms with Gasteiger partial charge in [-0.2, -0.15) is 13.2 Å². The van der Waals surface area contributed by atoms with Crippen molar-refractivity contribution in [3.63, 3.8) is 0 Å². The van der Waals surface area contributed by atoms with Crippen LogP contribution in [-0.2, 0) is 25.4 Å². The zero-order chi connectivity index (χ0) is 25.0. The Kier molecular flexibility index (Phi) is 7.55. The first-order valence-corrected chi connectivity index (χ1v) is 11.7. The molecule has 1 amide bonds. The smallest absolute Gasteiger partial charge is 0.386 e. The zero-order valence-corrected chi connectivity index (χ0v) is 19.1. The maximum absolute atomic E-state index is 13.8. The van der Waals surface area contributed by atoms with Crippen LogP contribution in [0.3, 0.4) is 0 Å². The van der Waals surface area contributed by atoms with Crippen LogP contribution in [0.5, 0.6) is 0 Å². The van der Waals surface area contributed by atoms with E-state index in [0.717, 1.165) is 55.4 Å². The van der Waals surface area contributed by atoms with Crippen LogP contribution in [0.15, 0.2) is 66.7 Å². The largest absolute Gasteiger partial charge is 0.416 e. The van der Waals surface area contributed by atoms with Gasteiger partial charge in [-0.3, -0.25) is 4.79 Å². The highest BCUT2D eigenvalue weighted by molar-refractivity contribution is 5.96. The van der Waals surface area contributed by atoms with Gasteiger partial charge < -0.3 is 10.4 Å². The van der Waals surface area contributed by atoms with Gasteiger partial charge in [0, 0.05) is 5.56 Å². The molecule has 0 spiro atoms. The minimum atomic E-state index is -4.46. The summed E-state index contributed by atoms with van der Waals surface area (Å²) in [6, 6.07) is 14.8. The maximum Gasteiger partial charge on any atom is 0.416 e. The molecule has 35 heavy (non-hydrogen) atoms. The number of halogens is 4. The number of aryl methyl sites for hydroxylation is 1. The summed E-state index contributed by atoms with van der Waals surface area (Å²) in [7, 11) is 0. The first-order chi connectivity index (χ1) is 16.7. The Labute approximate surface area is 201 Å². The molecular weight excluding hydrogens is 458 g/mol. The summed E-state index contributed by atoms with van der Waals surface area (Å²) >= 11 is 0. The van der Waals surface area contributed by atoms with Crippen molar-refractivity contribution >= 4 is 5.91 Å². The van der Waals surface area contributed by atoms with Gasteiger partial charge >= 0.3 is 6.18 Å². The first-order valence-electron chi connectivity index (χ1n) is 11.7. The van der Waals surface area contributed by atoms with Crippen molar-refractivity contribution in [2.24, 2.45) is 0 Å². The van der Waals surface area contributed by atoms with Crippen molar-refractivity contribution in [2.75, 3.05) is 0 Å². The zero-order valence-electron chi connectivity index (χ0n) is 19.1. The Bertz CT molecular complexity index is 1170. The van der Waals surface area contributed by atoms with E-state index in [2.05, 4.69) is 5.32 Å². The predicted molar refractivity (Wildman–Crippen MR) is 125 cm³/mol. The van der Waals surface area contributed by atoms with Crippen molar-refractivity contribution in [1.82, 2.24) is 5.32 Å². The molecule has 7 heteroatoms. The number of hydrogen-bond donors (Lipinski definition) is 2. The number of fused-ring (bicyclic) bond motifs is 1. The Morgan fingerprint density at radius 3 is 2.37 bits per heavy atom. The number of rotatable bonds is 6. The molecule has 0 saturated carbocycles. The normalized spacial score (nSPS) is 15.6. The highest BCUT2D eigenvalue weighted by atomic mass is 19.4. The van der Waals surface area contributed by atoms with Crippen LogP contribution in [-0.4, -0.2) is 17.1 Å². The Balaban J connectivity index is 1.62. The number of carbonyl (C=O) groups is 1. The minimum Gasteiger partial charge on any atom is -0.386 e. The Morgan fingerprint density at radius 2 is 1.66 bits per heavy atom. The molecule has 0 aliphatic heterocycles. The fourth-order valence-electron chi connectivity index (χ4n) is 4.67. The molecule has 2 N–H and O–H groups in total. The van der Waals surface area contributed by atoms with Gasteiger partial charge in [-0.1, -0.05) is 42.8 Å². The topological polar surface area (TPSA) is 49.3 Å². The molecule has 1 aliphatic carbocycles. The molecule has 2 atom stereocenters. The lowest BCUT2D eigenvalue weighted by atomic mass is 9.93. The number of nitrogens with one attached hydrogen (secondary N) is 1. The fraction of sp³-hybridized carbons (Fsp3) is 0.321. The third-order valence-corrected chi connectivity index (χ3v) is 6.52. The van der Waals surface area contributed by atoms with E-state index in [0.29, 0.717) is 11.1 Å². The number of carbonyl (C=O) groups excluding carboxylic acids is 1.